The predicted octanol–water partition coefficient (Wildman–Crippen LogP) is 5.12. The molecule has 1 heterocycles. The summed E-state index contributed by atoms with van der Waals surface area (Å²) in [5.41, 5.74) is 2.49. The molecule has 3 rings (SSSR count). The van der Waals surface area contributed by atoms with E-state index in [1.165, 1.54) is 0 Å². The van der Waals surface area contributed by atoms with Crippen LogP contribution in [-0.2, 0) is 17.0 Å². The number of phenolic OH excluding ortho intramolecular Hbond substituents is 1. The van der Waals surface area contributed by atoms with Gasteiger partial charge >= 0.3 is 35.6 Å². The topological polar surface area (TPSA) is 37.5 Å². The third kappa shape index (κ3) is 5.26. The van der Waals surface area contributed by atoms with Crippen molar-refractivity contribution >= 4 is 24.8 Å². The minimum atomic E-state index is -0.556. The quantitative estimate of drug-likeness (QED) is 0.497. The number of halogens is 2. The summed E-state index contributed by atoms with van der Waals surface area (Å²) in [4.78, 5) is 0. The van der Waals surface area contributed by atoms with E-state index in [2.05, 4.69) is 5.10 Å². The second-order valence-corrected chi connectivity index (χ2v) is 7.07. The van der Waals surface area contributed by atoms with Crippen LogP contribution < -0.4 is 0 Å². The molecule has 3 nitrogen and oxygen atoms in total. The van der Waals surface area contributed by atoms with Crippen LogP contribution in [0.4, 0.5) is 0 Å². The number of nitrogens with zero attached hydrogens (tertiary/aromatic N) is 2. The molecule has 0 saturated heterocycles. The van der Waals surface area contributed by atoms with Crippen molar-refractivity contribution in [3.63, 3.8) is 0 Å². The van der Waals surface area contributed by atoms with E-state index in [1.54, 1.807) is 10.9 Å². The van der Waals surface area contributed by atoms with Crippen LogP contribution in [0, 0.1) is 0 Å². The Morgan fingerprint density at radius 2 is 1.57 bits per heavy atom. The zero-order chi connectivity index (χ0) is 16.5. The van der Waals surface area contributed by atoms with E-state index in [-0.39, 0.29) is 5.75 Å². The first kappa shape index (κ1) is 17.8. The summed E-state index contributed by atoms with van der Waals surface area (Å²) in [6.45, 7) is 0. The average Bonchev–Trinajstić information content (AvgIpc) is 3.09. The normalized spacial score (nSPS) is 10.2. The van der Waals surface area contributed by atoms with Crippen LogP contribution in [-0.4, -0.2) is 16.0 Å². The predicted molar refractivity (Wildman–Crippen MR) is 92.7 cm³/mol. The zero-order valence-electron chi connectivity index (χ0n) is 12.1. The van der Waals surface area contributed by atoms with E-state index in [4.69, 9.17) is 18.6 Å². The zero-order valence-corrected chi connectivity index (χ0v) is 15.2. The Morgan fingerprint density at radius 1 is 0.913 bits per heavy atom. The molecule has 0 aliphatic rings. The molecule has 0 spiro atoms. The molecular formula is C17H14Cl2N2OTi. The van der Waals surface area contributed by atoms with Crippen molar-refractivity contribution in [2.45, 2.75) is 0 Å². The van der Waals surface area contributed by atoms with Crippen molar-refractivity contribution < 1.29 is 22.1 Å². The summed E-state index contributed by atoms with van der Waals surface area (Å²) in [7, 11) is 9.78. The van der Waals surface area contributed by atoms with Gasteiger partial charge in [0.2, 0.25) is 0 Å². The molecule has 116 valence electrons. The standard InChI is InChI=1S/C17H14N2O.2ClH.Ti/c20-17-15(13-18-19-11-4-5-12-19)9-6-10-16(17)14-7-2-1-3-8-14;;;/h1-13,20H;2*1H;/q;;;+2/p-2. The third-order valence-corrected chi connectivity index (χ3v) is 3.07. The molecular weight excluding hydrogens is 367 g/mol. The molecule has 6 heteroatoms. The minimum absolute atomic E-state index is 0.245. The van der Waals surface area contributed by atoms with Gasteiger partial charge in [-0.1, -0.05) is 42.5 Å². The van der Waals surface area contributed by atoms with Crippen LogP contribution in [0.3, 0.4) is 0 Å². The number of aromatic hydroxyl groups is 1. The van der Waals surface area contributed by atoms with Crippen molar-refractivity contribution in [2.24, 2.45) is 5.10 Å². The van der Waals surface area contributed by atoms with Crippen LogP contribution in [0.2, 0.25) is 0 Å². The fourth-order valence-corrected chi connectivity index (χ4v) is 2.05. The van der Waals surface area contributed by atoms with Crippen molar-refractivity contribution in [3.8, 4) is 16.9 Å². The van der Waals surface area contributed by atoms with Gasteiger partial charge in [-0.15, -0.1) is 0 Å². The number of hydrogen-bond acceptors (Lipinski definition) is 2. The van der Waals surface area contributed by atoms with Crippen molar-refractivity contribution in [1.82, 2.24) is 4.68 Å². The second kappa shape index (κ2) is 9.58. The number of rotatable bonds is 3. The van der Waals surface area contributed by atoms with E-state index in [0.717, 1.165) is 11.1 Å². The van der Waals surface area contributed by atoms with E-state index in [1.807, 2.05) is 73.1 Å². The SMILES string of the molecule is Oc1c(C=Nn2cccc2)cccc1-c1ccccc1.[Cl][Ti][Cl]. The van der Waals surface area contributed by atoms with Gasteiger partial charge in [-0.2, -0.15) is 5.10 Å². The van der Waals surface area contributed by atoms with E-state index >= 15 is 0 Å². The summed E-state index contributed by atoms with van der Waals surface area (Å²) in [5, 5.41) is 14.6. The Hall–Kier alpha value is -1.52. The molecule has 0 amide bonds. The molecule has 0 saturated carbocycles. The molecule has 2 aromatic carbocycles. The first-order valence-corrected chi connectivity index (χ1v) is 11.1. The second-order valence-electron chi connectivity index (χ2n) is 4.49. The van der Waals surface area contributed by atoms with Gasteiger partial charge in [0.25, 0.3) is 0 Å². The molecule has 0 bridgehead atoms. The summed E-state index contributed by atoms with van der Waals surface area (Å²) in [6.07, 6.45) is 5.34. The Morgan fingerprint density at radius 3 is 2.22 bits per heavy atom. The monoisotopic (exact) mass is 380 g/mol. The summed E-state index contributed by atoms with van der Waals surface area (Å²) < 4.78 is 1.69. The number of aromatic nitrogens is 1. The van der Waals surface area contributed by atoms with E-state index in [9.17, 15) is 5.11 Å². The van der Waals surface area contributed by atoms with Crippen LogP contribution in [0.15, 0.2) is 78.2 Å². The molecule has 3 aromatic rings. The van der Waals surface area contributed by atoms with Crippen LogP contribution >= 0.6 is 18.6 Å². The third-order valence-electron chi connectivity index (χ3n) is 3.07. The summed E-state index contributed by atoms with van der Waals surface area (Å²) >= 11 is -0.556. The van der Waals surface area contributed by atoms with Crippen LogP contribution in [0.25, 0.3) is 11.1 Å². The van der Waals surface area contributed by atoms with E-state index in [0.29, 0.717) is 5.56 Å². The number of para-hydroxylation sites is 1. The fraction of sp³-hybridized carbons (Fsp3) is 0. The number of benzene rings is 2. The first-order chi connectivity index (χ1) is 11.3. The maximum absolute atomic E-state index is 10.4. The average molecular weight is 381 g/mol. The Labute approximate surface area is 151 Å². The Bertz CT molecular complexity index is 747. The van der Waals surface area contributed by atoms with Crippen LogP contribution in [0.1, 0.15) is 5.56 Å². The van der Waals surface area contributed by atoms with Crippen molar-refractivity contribution in [3.05, 3.63) is 78.6 Å². The van der Waals surface area contributed by atoms with Gasteiger partial charge < -0.3 is 5.11 Å². The van der Waals surface area contributed by atoms with Gasteiger partial charge in [-0.25, -0.2) is 4.68 Å². The summed E-state index contributed by atoms with van der Waals surface area (Å²) in [5.74, 6) is 0.245. The summed E-state index contributed by atoms with van der Waals surface area (Å²) in [6, 6.07) is 19.3. The van der Waals surface area contributed by atoms with Gasteiger partial charge in [-0.05, 0) is 23.8 Å². The molecule has 0 aliphatic heterocycles. The van der Waals surface area contributed by atoms with Crippen molar-refractivity contribution in [2.75, 3.05) is 0 Å². The molecule has 23 heavy (non-hydrogen) atoms. The number of hydrogen-bond donors (Lipinski definition) is 1. The van der Waals surface area contributed by atoms with Gasteiger partial charge in [-0.3, -0.25) is 0 Å². The van der Waals surface area contributed by atoms with Gasteiger partial charge in [0.1, 0.15) is 5.75 Å². The first-order valence-electron chi connectivity index (χ1n) is 6.77. The Balaban J connectivity index is 0.000000595. The van der Waals surface area contributed by atoms with Gasteiger partial charge in [0, 0.05) is 23.5 Å². The van der Waals surface area contributed by atoms with E-state index < -0.39 is 17.0 Å². The van der Waals surface area contributed by atoms with Gasteiger partial charge in [0.05, 0.1) is 6.21 Å². The number of phenols is 1. The van der Waals surface area contributed by atoms with Crippen LogP contribution in [0.5, 0.6) is 5.75 Å². The van der Waals surface area contributed by atoms with Crippen molar-refractivity contribution in [1.29, 1.82) is 0 Å². The fourth-order valence-electron chi connectivity index (χ4n) is 2.05. The molecule has 0 aliphatic carbocycles. The molecule has 1 N–H and O–H groups in total. The Kier molecular flexibility index (Phi) is 7.43. The molecule has 0 unspecified atom stereocenters. The maximum atomic E-state index is 10.4. The molecule has 0 fully saturated rings. The van der Waals surface area contributed by atoms with Gasteiger partial charge in [0.15, 0.2) is 0 Å². The molecule has 0 radical (unpaired) electrons. The molecule has 1 aromatic heterocycles. The molecule has 0 atom stereocenters.